The van der Waals surface area contributed by atoms with Crippen LogP contribution in [0.4, 0.5) is 0 Å². The number of allylic oxidation sites excluding steroid dienone is 4. The van der Waals surface area contributed by atoms with E-state index in [0.717, 1.165) is 12.1 Å². The van der Waals surface area contributed by atoms with Crippen molar-refractivity contribution in [1.82, 2.24) is 0 Å². The Morgan fingerprint density at radius 1 is 1.62 bits per heavy atom. The van der Waals surface area contributed by atoms with Gasteiger partial charge in [0.05, 0.1) is 5.71 Å². The molecule has 1 rings (SSSR count). The van der Waals surface area contributed by atoms with Crippen LogP contribution in [0.1, 0.15) is 27.2 Å². The summed E-state index contributed by atoms with van der Waals surface area (Å²) in [7, 11) is 0. The van der Waals surface area contributed by atoms with Crippen LogP contribution in [0.25, 0.3) is 0 Å². The predicted molar refractivity (Wildman–Crippen MR) is 58.6 cm³/mol. The molecular weight excluding hydrogens is 160 g/mol. The maximum Gasteiger partial charge on any atom is 0.137 e. The molecule has 0 bridgehead atoms. The van der Waals surface area contributed by atoms with Crippen LogP contribution in [0.5, 0.6) is 0 Å². The van der Waals surface area contributed by atoms with Crippen molar-refractivity contribution < 1.29 is 0 Å². The van der Waals surface area contributed by atoms with Gasteiger partial charge in [-0.2, -0.15) is 0 Å². The summed E-state index contributed by atoms with van der Waals surface area (Å²) in [5.41, 5.74) is 2.24. The molecule has 1 heterocycles. The van der Waals surface area contributed by atoms with Crippen LogP contribution in [-0.2, 0) is 0 Å². The van der Waals surface area contributed by atoms with Gasteiger partial charge >= 0.3 is 0 Å². The Kier molecular flexibility index (Phi) is 3.62. The second-order valence-electron chi connectivity index (χ2n) is 3.12. The zero-order valence-corrected chi connectivity index (χ0v) is 8.49. The van der Waals surface area contributed by atoms with E-state index < -0.39 is 0 Å². The van der Waals surface area contributed by atoms with Gasteiger partial charge in [0.25, 0.3) is 0 Å². The van der Waals surface area contributed by atoms with E-state index in [2.05, 4.69) is 35.1 Å². The van der Waals surface area contributed by atoms with Crippen LogP contribution in [0.2, 0.25) is 0 Å². The number of rotatable bonds is 3. The minimum atomic E-state index is 0.111. The third-order valence-electron chi connectivity index (χ3n) is 1.94. The average molecular weight is 176 g/mol. The molecule has 0 saturated carbocycles. The molecule has 0 aromatic carbocycles. The quantitative estimate of drug-likeness (QED) is 0.591. The molecule has 1 aliphatic heterocycles. The first-order valence-corrected chi connectivity index (χ1v) is 4.63. The number of nitrogens with zero attached hydrogens (tertiary/aromatic N) is 2. The number of aliphatic imine (C=N–C) groups is 2. The van der Waals surface area contributed by atoms with Crippen LogP contribution in [0, 0.1) is 0 Å². The summed E-state index contributed by atoms with van der Waals surface area (Å²) in [6.45, 7) is 6.09. The fourth-order valence-electron chi connectivity index (χ4n) is 1.14. The molecule has 0 fully saturated rings. The molecule has 1 atom stereocenters. The highest BCUT2D eigenvalue weighted by atomic mass is 15.0. The lowest BCUT2D eigenvalue weighted by atomic mass is 10.1. The van der Waals surface area contributed by atoms with E-state index in [1.165, 1.54) is 5.57 Å². The molecule has 0 aromatic rings. The number of hydrogen-bond donors (Lipinski definition) is 0. The molecule has 1 unspecified atom stereocenters. The summed E-state index contributed by atoms with van der Waals surface area (Å²) in [5, 5.41) is 0. The molecule has 0 radical (unpaired) electrons. The molecule has 0 saturated heterocycles. The van der Waals surface area contributed by atoms with Crippen molar-refractivity contribution in [1.29, 1.82) is 0 Å². The highest BCUT2D eigenvalue weighted by Crippen LogP contribution is 2.07. The van der Waals surface area contributed by atoms with E-state index in [0.29, 0.717) is 0 Å². The Bertz CT molecular complexity index is 282. The van der Waals surface area contributed by atoms with Crippen LogP contribution in [0.3, 0.4) is 0 Å². The molecule has 2 heteroatoms. The Balaban J connectivity index is 2.57. The highest BCUT2D eigenvalue weighted by molar-refractivity contribution is 6.39. The molecule has 70 valence electrons. The minimum absolute atomic E-state index is 0.111. The van der Waals surface area contributed by atoms with E-state index >= 15 is 0 Å². The molecule has 0 N–H and O–H groups in total. The fraction of sp³-hybridized carbons (Fsp3) is 0.455. The van der Waals surface area contributed by atoms with Gasteiger partial charge in [0, 0.05) is 6.21 Å². The monoisotopic (exact) mass is 176 g/mol. The SMILES string of the molecule is CC=CC/C=C(\C)C1=NC(C)N=C1. The Hall–Kier alpha value is -1.18. The van der Waals surface area contributed by atoms with Crippen molar-refractivity contribution in [2.24, 2.45) is 9.98 Å². The van der Waals surface area contributed by atoms with E-state index in [9.17, 15) is 0 Å². The molecule has 0 amide bonds. The maximum atomic E-state index is 4.37. The second kappa shape index (κ2) is 4.75. The smallest absolute Gasteiger partial charge is 0.137 e. The average Bonchev–Trinajstić information content (AvgIpc) is 2.52. The molecule has 1 aliphatic rings. The summed E-state index contributed by atoms with van der Waals surface area (Å²) in [6.07, 6.45) is 9.29. The van der Waals surface area contributed by atoms with Crippen molar-refractivity contribution in [3.63, 3.8) is 0 Å². The van der Waals surface area contributed by atoms with Crippen LogP contribution >= 0.6 is 0 Å². The molecule has 13 heavy (non-hydrogen) atoms. The molecule has 0 spiro atoms. The molecule has 0 aromatic heterocycles. The summed E-state index contributed by atoms with van der Waals surface area (Å²) in [5.74, 6) is 0. The summed E-state index contributed by atoms with van der Waals surface area (Å²) < 4.78 is 0. The maximum absolute atomic E-state index is 4.37. The zero-order valence-electron chi connectivity index (χ0n) is 8.49. The Labute approximate surface area is 79.8 Å². The first-order valence-electron chi connectivity index (χ1n) is 4.63. The summed E-state index contributed by atoms with van der Waals surface area (Å²) >= 11 is 0. The lowest BCUT2D eigenvalue weighted by Crippen LogP contribution is -1.98. The Morgan fingerprint density at radius 3 is 2.92 bits per heavy atom. The van der Waals surface area contributed by atoms with Gasteiger partial charge in [-0.25, -0.2) is 0 Å². The van der Waals surface area contributed by atoms with Crippen LogP contribution < -0.4 is 0 Å². The minimum Gasteiger partial charge on any atom is -0.265 e. The van der Waals surface area contributed by atoms with Gasteiger partial charge < -0.3 is 0 Å². The van der Waals surface area contributed by atoms with Crippen LogP contribution in [0.15, 0.2) is 33.8 Å². The third-order valence-corrected chi connectivity index (χ3v) is 1.94. The number of hydrogen-bond acceptors (Lipinski definition) is 2. The molecular formula is C11H16N2. The normalized spacial score (nSPS) is 22.8. The van der Waals surface area contributed by atoms with Crippen molar-refractivity contribution in [3.8, 4) is 0 Å². The molecule has 2 nitrogen and oxygen atoms in total. The van der Waals surface area contributed by atoms with Gasteiger partial charge in [0.1, 0.15) is 6.17 Å². The summed E-state index contributed by atoms with van der Waals surface area (Å²) in [4.78, 5) is 8.55. The fourth-order valence-corrected chi connectivity index (χ4v) is 1.14. The van der Waals surface area contributed by atoms with E-state index in [4.69, 9.17) is 0 Å². The van der Waals surface area contributed by atoms with Gasteiger partial charge in [0.2, 0.25) is 0 Å². The van der Waals surface area contributed by atoms with E-state index in [1.54, 1.807) is 0 Å². The standard InChI is InChI=1S/C11H16N2/c1-4-5-6-7-9(2)11-8-12-10(3)13-11/h4-5,7-8,10H,6H2,1-3H3/b5-4?,9-7+. The first-order chi connectivity index (χ1) is 6.24. The molecule has 0 aliphatic carbocycles. The van der Waals surface area contributed by atoms with Gasteiger partial charge in [-0.15, -0.1) is 0 Å². The lowest BCUT2D eigenvalue weighted by molar-refractivity contribution is 0.816. The topological polar surface area (TPSA) is 24.7 Å². The van der Waals surface area contributed by atoms with E-state index in [1.807, 2.05) is 20.1 Å². The Morgan fingerprint density at radius 2 is 2.38 bits per heavy atom. The van der Waals surface area contributed by atoms with Crippen molar-refractivity contribution >= 4 is 11.9 Å². The first kappa shape index (κ1) is 9.90. The van der Waals surface area contributed by atoms with Gasteiger partial charge in [-0.1, -0.05) is 18.2 Å². The second-order valence-corrected chi connectivity index (χ2v) is 3.12. The van der Waals surface area contributed by atoms with Gasteiger partial charge in [-0.05, 0) is 32.8 Å². The van der Waals surface area contributed by atoms with Crippen molar-refractivity contribution in [3.05, 3.63) is 23.8 Å². The van der Waals surface area contributed by atoms with E-state index in [-0.39, 0.29) is 6.17 Å². The largest absolute Gasteiger partial charge is 0.265 e. The highest BCUT2D eigenvalue weighted by Gasteiger charge is 2.07. The van der Waals surface area contributed by atoms with Crippen LogP contribution in [-0.4, -0.2) is 18.1 Å². The van der Waals surface area contributed by atoms with Crippen molar-refractivity contribution in [2.75, 3.05) is 0 Å². The zero-order chi connectivity index (χ0) is 9.68. The van der Waals surface area contributed by atoms with Gasteiger partial charge in [0.15, 0.2) is 0 Å². The van der Waals surface area contributed by atoms with Gasteiger partial charge in [-0.3, -0.25) is 9.98 Å². The third kappa shape index (κ3) is 2.98. The summed E-state index contributed by atoms with van der Waals surface area (Å²) in [6, 6.07) is 0. The predicted octanol–water partition coefficient (Wildman–Crippen LogP) is 2.77. The lowest BCUT2D eigenvalue weighted by Gasteiger charge is -1.95. The van der Waals surface area contributed by atoms with Crippen molar-refractivity contribution in [2.45, 2.75) is 33.4 Å².